The van der Waals surface area contributed by atoms with Crippen LogP contribution in [-0.4, -0.2) is 52.3 Å². The third-order valence-corrected chi connectivity index (χ3v) is 11.5. The van der Waals surface area contributed by atoms with Gasteiger partial charge in [0.25, 0.3) is 0 Å². The molecular weight excluding hydrogens is 879 g/mol. The Morgan fingerprint density at radius 1 is 0.493 bits per heavy atom. The van der Waals surface area contributed by atoms with Gasteiger partial charge < -0.3 is 30.9 Å². The molecule has 12 heteroatoms. The predicted octanol–water partition coefficient (Wildman–Crippen LogP) is 12.0. The highest BCUT2D eigenvalue weighted by Crippen LogP contribution is 2.25. The van der Waals surface area contributed by atoms with Gasteiger partial charge in [-0.15, -0.1) is 23.5 Å². The van der Waals surface area contributed by atoms with Crippen LogP contribution in [0.25, 0.3) is 0 Å². The van der Waals surface area contributed by atoms with Crippen LogP contribution >= 0.6 is 23.5 Å². The Labute approximate surface area is 404 Å². The molecule has 2 atom stereocenters. The maximum Gasteiger partial charge on any atom is 0.408 e. The molecule has 0 aromatic heterocycles. The van der Waals surface area contributed by atoms with Crippen molar-refractivity contribution >= 4 is 53.2 Å². The van der Waals surface area contributed by atoms with Crippen LogP contribution in [0.15, 0.2) is 180 Å². The molecule has 0 bridgehead atoms. The van der Waals surface area contributed by atoms with Crippen LogP contribution in [0.5, 0.6) is 0 Å². The first kappa shape index (κ1) is 53.1. The number of aliphatic carboxylic acids is 1. The Balaban J connectivity index is 0.000000243. The van der Waals surface area contributed by atoms with Crippen molar-refractivity contribution in [2.75, 3.05) is 5.73 Å². The Bertz CT molecular complexity index is 2390. The first-order chi connectivity index (χ1) is 31.9. The van der Waals surface area contributed by atoms with Crippen molar-refractivity contribution in [3.8, 4) is 0 Å². The van der Waals surface area contributed by atoms with Gasteiger partial charge in [-0.05, 0) is 112 Å². The number of ether oxygens (including phenoxy) is 2. The summed E-state index contributed by atoms with van der Waals surface area (Å²) < 4.78 is 10.4. The third-order valence-electron chi connectivity index (χ3n) is 9.31. The van der Waals surface area contributed by atoms with E-state index in [1.165, 1.54) is 16.0 Å². The van der Waals surface area contributed by atoms with E-state index in [9.17, 15) is 19.2 Å². The predicted molar refractivity (Wildman–Crippen MR) is 272 cm³/mol. The topological polar surface area (TPSA) is 157 Å². The minimum absolute atomic E-state index is 0.0469. The van der Waals surface area contributed by atoms with Crippen LogP contribution in [-0.2, 0) is 49.8 Å². The van der Waals surface area contributed by atoms with Gasteiger partial charge in [-0.2, -0.15) is 0 Å². The van der Waals surface area contributed by atoms with Gasteiger partial charge in [-0.1, -0.05) is 133 Å². The number of thioether (sulfide) groups is 2. The van der Waals surface area contributed by atoms with Crippen LogP contribution in [0.1, 0.15) is 69.4 Å². The van der Waals surface area contributed by atoms with Crippen LogP contribution < -0.4 is 16.4 Å². The summed E-state index contributed by atoms with van der Waals surface area (Å²) in [6.07, 6.45) is -0.420. The number of carbonyl (C=O) groups is 4. The number of carboxylic acid groups (broad SMARTS) is 1. The molecule has 0 heterocycles. The Morgan fingerprint density at radius 2 is 0.836 bits per heavy atom. The number of ketones is 1. The highest BCUT2D eigenvalue weighted by Gasteiger charge is 2.26. The molecule has 0 aliphatic carbocycles. The smallest absolute Gasteiger partial charge is 0.408 e. The van der Waals surface area contributed by atoms with E-state index in [1.807, 2.05) is 133 Å². The fourth-order valence-corrected chi connectivity index (χ4v) is 7.83. The number of carboxylic acids is 1. The number of nitrogens with two attached hydrogens (primary N) is 1. The zero-order valence-electron chi connectivity index (χ0n) is 39.1. The zero-order chi connectivity index (χ0) is 48.7. The van der Waals surface area contributed by atoms with Crippen molar-refractivity contribution in [3.05, 3.63) is 198 Å². The van der Waals surface area contributed by atoms with Gasteiger partial charge in [-0.25, -0.2) is 14.4 Å². The molecule has 0 saturated heterocycles. The van der Waals surface area contributed by atoms with Gasteiger partial charge in [0.1, 0.15) is 17.2 Å². The summed E-state index contributed by atoms with van der Waals surface area (Å²) in [5.41, 5.74) is 10.5. The summed E-state index contributed by atoms with van der Waals surface area (Å²) in [4.78, 5) is 50.6. The van der Waals surface area contributed by atoms with Crippen molar-refractivity contribution in [1.29, 1.82) is 0 Å². The second kappa shape index (κ2) is 27.2. The molecule has 5 N–H and O–H groups in total. The third kappa shape index (κ3) is 22.5. The van der Waals surface area contributed by atoms with Crippen LogP contribution in [0, 0.1) is 0 Å². The lowest BCUT2D eigenvalue weighted by Crippen LogP contribution is -2.45. The van der Waals surface area contributed by atoms with Crippen molar-refractivity contribution in [3.63, 3.8) is 0 Å². The molecule has 2 amide bonds. The molecule has 0 saturated carbocycles. The SMILES string of the molecule is CC(C)(C)OC(=O)N[C@@H](Cc1ccccc1)C(=O)Cc1ccc(SCc2ccccc2)cc1.CC(C)(C)OC(=O)N[C@@H](Cc1ccccc1)C(=O)O.Nc1ccc(SCc2ccccc2)cc1. The number of hydrogen-bond acceptors (Lipinski definition) is 9. The van der Waals surface area contributed by atoms with Crippen molar-refractivity contribution in [2.24, 2.45) is 0 Å². The number of alkyl carbamates (subject to hydrolysis) is 2. The molecule has 0 spiro atoms. The molecule has 67 heavy (non-hydrogen) atoms. The normalized spacial score (nSPS) is 11.8. The zero-order valence-corrected chi connectivity index (χ0v) is 40.8. The van der Waals surface area contributed by atoms with E-state index in [-0.39, 0.29) is 18.6 Å². The lowest BCUT2D eigenvalue weighted by atomic mass is 9.98. The Hall–Kier alpha value is -6.50. The first-order valence-corrected chi connectivity index (χ1v) is 24.0. The molecule has 6 rings (SSSR count). The molecule has 0 aliphatic rings. The molecule has 352 valence electrons. The molecule has 0 fully saturated rings. The number of anilines is 1. The second-order valence-electron chi connectivity index (χ2n) is 17.5. The minimum atomic E-state index is -1.09. The number of carbonyl (C=O) groups excluding carboxylic acids is 3. The molecule has 10 nitrogen and oxygen atoms in total. The lowest BCUT2D eigenvalue weighted by molar-refractivity contribution is -0.139. The number of hydrogen-bond donors (Lipinski definition) is 4. The summed E-state index contributed by atoms with van der Waals surface area (Å²) in [5, 5.41) is 14.2. The molecule has 6 aromatic carbocycles. The minimum Gasteiger partial charge on any atom is -0.480 e. The number of amides is 2. The highest BCUT2D eigenvalue weighted by atomic mass is 32.2. The molecule has 0 unspecified atom stereocenters. The van der Waals surface area contributed by atoms with Gasteiger partial charge in [-0.3, -0.25) is 4.79 Å². The lowest BCUT2D eigenvalue weighted by Gasteiger charge is -2.23. The van der Waals surface area contributed by atoms with Crippen molar-refractivity contribution in [1.82, 2.24) is 10.6 Å². The van der Waals surface area contributed by atoms with E-state index in [0.29, 0.717) is 6.42 Å². The Morgan fingerprint density at radius 3 is 1.21 bits per heavy atom. The van der Waals surface area contributed by atoms with E-state index in [2.05, 4.69) is 59.2 Å². The molecule has 6 aromatic rings. The molecule has 0 aliphatic heterocycles. The van der Waals surface area contributed by atoms with Crippen molar-refractivity contribution in [2.45, 2.75) is 105 Å². The van der Waals surface area contributed by atoms with Gasteiger partial charge in [0.05, 0.1) is 6.04 Å². The number of nitrogen functional groups attached to an aromatic ring is 1. The first-order valence-electron chi connectivity index (χ1n) is 22.0. The standard InChI is InChI=1S/C28H31NO3S.C14H19NO4.C13H13NS/c1-28(2,3)32-27(31)29-25(18-21-10-6-4-7-11-21)26(30)19-22-14-16-24(17-15-22)33-20-23-12-8-5-9-13-23;1-14(2,3)19-13(18)15-11(12(16)17)9-10-7-5-4-6-8-10;14-12-6-8-13(9-7-12)15-10-11-4-2-1-3-5-11/h4-17,25H,18-20H2,1-3H3,(H,29,31);4-8,11H,9H2,1-3H3,(H,15,18)(H,16,17);1-9H,10,14H2/t25-;11-;/m00./s1. The summed E-state index contributed by atoms with van der Waals surface area (Å²) >= 11 is 3.59. The van der Waals surface area contributed by atoms with Gasteiger partial charge in [0.15, 0.2) is 5.78 Å². The van der Waals surface area contributed by atoms with Crippen LogP contribution in [0.3, 0.4) is 0 Å². The maximum atomic E-state index is 13.1. The summed E-state index contributed by atoms with van der Waals surface area (Å²) in [6, 6.07) is 54.0. The maximum absolute atomic E-state index is 13.1. The van der Waals surface area contributed by atoms with E-state index in [1.54, 1.807) is 53.3 Å². The van der Waals surface area contributed by atoms with E-state index in [4.69, 9.17) is 20.3 Å². The second-order valence-corrected chi connectivity index (χ2v) is 19.6. The van der Waals surface area contributed by atoms with E-state index < -0.39 is 41.4 Å². The van der Waals surface area contributed by atoms with Crippen LogP contribution in [0.4, 0.5) is 15.3 Å². The van der Waals surface area contributed by atoms with Gasteiger partial charge in [0, 0.05) is 39.8 Å². The van der Waals surface area contributed by atoms with E-state index >= 15 is 0 Å². The van der Waals surface area contributed by atoms with Crippen molar-refractivity contribution < 1.29 is 33.8 Å². The average Bonchev–Trinajstić information content (AvgIpc) is 3.29. The van der Waals surface area contributed by atoms with E-state index in [0.717, 1.165) is 38.8 Å². The molecule has 0 radical (unpaired) electrons. The van der Waals surface area contributed by atoms with Gasteiger partial charge >= 0.3 is 18.2 Å². The fraction of sp³-hybridized carbons (Fsp3) is 0.273. The van der Waals surface area contributed by atoms with Crippen LogP contribution in [0.2, 0.25) is 0 Å². The highest BCUT2D eigenvalue weighted by molar-refractivity contribution is 7.98. The monoisotopic (exact) mass is 941 g/mol. The number of rotatable bonds is 16. The Kier molecular flexibility index (Phi) is 21.6. The van der Waals surface area contributed by atoms with Gasteiger partial charge in [0.2, 0.25) is 0 Å². The summed E-state index contributed by atoms with van der Waals surface area (Å²) in [7, 11) is 0. The molecular formula is C55H63N3O7S2. The number of benzene rings is 6. The number of Topliss-reactive ketones (excluding diaryl/α,β-unsaturated/α-hetero) is 1. The summed E-state index contributed by atoms with van der Waals surface area (Å²) in [5.74, 6) is 0.771. The number of nitrogens with one attached hydrogen (secondary N) is 2. The fourth-order valence-electron chi connectivity index (χ4n) is 6.12. The quantitative estimate of drug-likeness (QED) is 0.0544. The average molecular weight is 942 g/mol. The summed E-state index contributed by atoms with van der Waals surface area (Å²) in [6.45, 7) is 10.6. The largest absolute Gasteiger partial charge is 0.480 e.